The summed E-state index contributed by atoms with van der Waals surface area (Å²) in [6.07, 6.45) is 9.22. The largest absolute Gasteiger partial charge is 0.370 e. The van der Waals surface area contributed by atoms with Crippen LogP contribution in [0.25, 0.3) is 0 Å². The molecule has 0 aromatic rings. The first kappa shape index (κ1) is 18.9. The van der Waals surface area contributed by atoms with Gasteiger partial charge in [0.15, 0.2) is 0 Å². The van der Waals surface area contributed by atoms with E-state index in [1.807, 2.05) is 0 Å². The highest BCUT2D eigenvalue weighted by Gasteiger charge is 2.62. The van der Waals surface area contributed by atoms with Crippen LogP contribution in [-0.4, -0.2) is 57.0 Å². The molecule has 148 valence electrons. The molecule has 1 spiro atoms. The van der Waals surface area contributed by atoms with Gasteiger partial charge < -0.3 is 4.74 Å². The molecule has 5 nitrogen and oxygen atoms in total. The molecule has 3 heterocycles. The molecule has 0 aromatic heterocycles. The van der Waals surface area contributed by atoms with E-state index < -0.39 is 10.0 Å². The highest BCUT2D eigenvalue weighted by molar-refractivity contribution is 7.89. The van der Waals surface area contributed by atoms with Gasteiger partial charge in [-0.3, -0.25) is 4.90 Å². The second-order valence-electron chi connectivity index (χ2n) is 9.03. The van der Waals surface area contributed by atoms with Crippen molar-refractivity contribution >= 4 is 10.0 Å². The number of rotatable bonds is 9. The van der Waals surface area contributed by atoms with Crippen molar-refractivity contribution in [1.29, 1.82) is 0 Å². The third-order valence-electron chi connectivity index (χ3n) is 7.04. The lowest BCUT2D eigenvalue weighted by atomic mass is 9.74. The number of nitrogens with zero attached hydrogens (tertiary/aromatic N) is 1. The minimum atomic E-state index is -3.12. The van der Waals surface area contributed by atoms with Crippen LogP contribution in [-0.2, 0) is 14.8 Å². The van der Waals surface area contributed by atoms with Crippen molar-refractivity contribution in [2.75, 3.05) is 31.9 Å². The Bertz CT molecular complexity index is 658. The van der Waals surface area contributed by atoms with E-state index in [0.717, 1.165) is 58.2 Å². The van der Waals surface area contributed by atoms with Gasteiger partial charge in [-0.15, -0.1) is 0 Å². The molecule has 4 atom stereocenters. The molecule has 3 aliphatic heterocycles. The van der Waals surface area contributed by atoms with Crippen molar-refractivity contribution < 1.29 is 13.2 Å². The molecule has 1 N–H and O–H groups in total. The maximum absolute atomic E-state index is 12.3. The van der Waals surface area contributed by atoms with Gasteiger partial charge in [-0.05, 0) is 51.4 Å². The Morgan fingerprint density at radius 3 is 2.88 bits per heavy atom. The molecule has 4 aliphatic rings. The summed E-state index contributed by atoms with van der Waals surface area (Å²) in [5, 5.41) is 0. The van der Waals surface area contributed by atoms with Crippen molar-refractivity contribution in [2.24, 2.45) is 17.8 Å². The summed E-state index contributed by atoms with van der Waals surface area (Å²) in [5.41, 5.74) is 1.46. The minimum absolute atomic E-state index is 0.000777. The van der Waals surface area contributed by atoms with Crippen molar-refractivity contribution in [3.05, 3.63) is 11.6 Å². The maximum Gasteiger partial charge on any atom is 0.211 e. The van der Waals surface area contributed by atoms with E-state index in [1.165, 1.54) is 5.57 Å². The predicted octanol–water partition coefficient (Wildman–Crippen LogP) is 2.54. The minimum Gasteiger partial charge on any atom is -0.370 e. The molecule has 0 radical (unpaired) electrons. The average molecular weight is 383 g/mol. The fourth-order valence-electron chi connectivity index (χ4n) is 5.24. The summed E-state index contributed by atoms with van der Waals surface area (Å²) in [6.45, 7) is 8.14. The number of hydrogen-bond acceptors (Lipinski definition) is 4. The van der Waals surface area contributed by atoms with E-state index in [9.17, 15) is 8.42 Å². The van der Waals surface area contributed by atoms with E-state index in [2.05, 4.69) is 29.5 Å². The van der Waals surface area contributed by atoms with Crippen LogP contribution in [0.2, 0.25) is 0 Å². The van der Waals surface area contributed by atoms with Crippen LogP contribution in [0.5, 0.6) is 0 Å². The Hall–Kier alpha value is -0.430. The van der Waals surface area contributed by atoms with Crippen LogP contribution in [0.1, 0.15) is 52.4 Å². The van der Waals surface area contributed by atoms with Gasteiger partial charge in [-0.25, -0.2) is 13.1 Å². The number of hydrogen-bond donors (Lipinski definition) is 1. The summed E-state index contributed by atoms with van der Waals surface area (Å²) in [4.78, 5) is 2.54. The Balaban J connectivity index is 1.33. The molecule has 1 saturated carbocycles. The highest BCUT2D eigenvalue weighted by Crippen LogP contribution is 2.54. The molecule has 0 unspecified atom stereocenters. The molecule has 1 aliphatic carbocycles. The summed E-state index contributed by atoms with van der Waals surface area (Å²) in [5.74, 6) is 1.55. The smallest absolute Gasteiger partial charge is 0.211 e. The van der Waals surface area contributed by atoms with E-state index in [4.69, 9.17) is 4.74 Å². The second kappa shape index (κ2) is 7.19. The number of nitrogens with one attached hydrogen (secondary N) is 1. The first-order chi connectivity index (χ1) is 12.4. The van der Waals surface area contributed by atoms with Gasteiger partial charge in [-0.2, -0.15) is 0 Å². The van der Waals surface area contributed by atoms with Crippen LogP contribution in [0.15, 0.2) is 11.6 Å². The van der Waals surface area contributed by atoms with Crippen molar-refractivity contribution in [3.63, 3.8) is 0 Å². The molecular weight excluding hydrogens is 348 g/mol. The van der Waals surface area contributed by atoms with Crippen LogP contribution >= 0.6 is 0 Å². The molecule has 0 aromatic carbocycles. The molecule has 4 fully saturated rings. The Morgan fingerprint density at radius 2 is 2.15 bits per heavy atom. The number of allylic oxidation sites excluding steroid dienone is 1. The zero-order valence-corrected chi connectivity index (χ0v) is 17.1. The highest BCUT2D eigenvalue weighted by atomic mass is 32.2. The van der Waals surface area contributed by atoms with Gasteiger partial charge in [0.05, 0.1) is 17.5 Å². The van der Waals surface area contributed by atoms with E-state index in [-0.39, 0.29) is 11.7 Å². The van der Waals surface area contributed by atoms with Crippen molar-refractivity contribution in [3.8, 4) is 0 Å². The van der Waals surface area contributed by atoms with Crippen molar-refractivity contribution in [2.45, 2.75) is 64.1 Å². The zero-order chi connectivity index (χ0) is 18.4. The topological polar surface area (TPSA) is 58.6 Å². The van der Waals surface area contributed by atoms with Crippen molar-refractivity contribution in [1.82, 2.24) is 9.62 Å². The molecule has 4 rings (SSSR count). The molecule has 3 saturated heterocycles. The Labute approximate surface area is 158 Å². The SMILES string of the molecule is CCC(C)=CCCN1C[C@@H]2[C@H](CNS(=O)(=O)CC3CC3)[C@H]3CC[C@]2(C1)O3. The van der Waals surface area contributed by atoms with Gasteiger partial charge in [0.1, 0.15) is 0 Å². The molecule has 6 heteroatoms. The van der Waals surface area contributed by atoms with E-state index >= 15 is 0 Å². The maximum atomic E-state index is 12.3. The van der Waals surface area contributed by atoms with Gasteiger partial charge >= 0.3 is 0 Å². The van der Waals surface area contributed by atoms with Gasteiger partial charge in [-0.1, -0.05) is 18.6 Å². The Kier molecular flexibility index (Phi) is 5.23. The first-order valence-corrected chi connectivity index (χ1v) is 12.1. The number of ether oxygens (including phenoxy) is 1. The fourth-order valence-corrected chi connectivity index (χ4v) is 6.76. The monoisotopic (exact) mass is 382 g/mol. The standard InChI is InChI=1S/C20H34N2O3S/c1-3-15(2)5-4-10-22-12-18-17(19-8-9-20(18,14-22)25-19)11-21-26(23,24)13-16-6-7-16/h5,16-19,21H,3-4,6-14H2,1-2H3/t17-,18+,19+,20+/m0/s1. The Morgan fingerprint density at radius 1 is 1.35 bits per heavy atom. The third-order valence-corrected chi connectivity index (χ3v) is 8.56. The molecule has 0 amide bonds. The summed E-state index contributed by atoms with van der Waals surface area (Å²) < 4.78 is 33.9. The zero-order valence-electron chi connectivity index (χ0n) is 16.2. The third kappa shape index (κ3) is 3.89. The van der Waals surface area contributed by atoms with Crippen LogP contribution in [0.3, 0.4) is 0 Å². The number of likely N-dealkylation sites (tertiary alicyclic amines) is 1. The second-order valence-corrected chi connectivity index (χ2v) is 10.9. The van der Waals surface area contributed by atoms with E-state index in [0.29, 0.717) is 30.1 Å². The summed E-state index contributed by atoms with van der Waals surface area (Å²) in [7, 11) is -3.12. The average Bonchev–Trinajstić information content (AvgIpc) is 3.07. The van der Waals surface area contributed by atoms with Crippen LogP contribution in [0.4, 0.5) is 0 Å². The van der Waals surface area contributed by atoms with Crippen LogP contribution in [0, 0.1) is 17.8 Å². The van der Waals surface area contributed by atoms with Gasteiger partial charge in [0, 0.05) is 38.0 Å². The van der Waals surface area contributed by atoms with E-state index in [1.54, 1.807) is 0 Å². The normalized spacial score (nSPS) is 37.5. The summed E-state index contributed by atoms with van der Waals surface area (Å²) >= 11 is 0. The lowest BCUT2D eigenvalue weighted by molar-refractivity contribution is 0.00298. The fraction of sp³-hybridized carbons (Fsp3) is 0.900. The number of sulfonamides is 1. The molecular formula is C20H34N2O3S. The lowest BCUT2D eigenvalue weighted by Gasteiger charge is -2.29. The quantitative estimate of drug-likeness (QED) is 0.623. The van der Waals surface area contributed by atoms with Gasteiger partial charge in [0.2, 0.25) is 10.0 Å². The first-order valence-electron chi connectivity index (χ1n) is 10.4. The van der Waals surface area contributed by atoms with Crippen LogP contribution < -0.4 is 4.72 Å². The molecule has 26 heavy (non-hydrogen) atoms. The lowest BCUT2D eigenvalue weighted by Crippen LogP contribution is -2.42. The summed E-state index contributed by atoms with van der Waals surface area (Å²) in [6, 6.07) is 0. The van der Waals surface area contributed by atoms with Gasteiger partial charge in [0.25, 0.3) is 0 Å². The predicted molar refractivity (Wildman–Crippen MR) is 103 cm³/mol. The molecule has 2 bridgehead atoms. The number of fused-ring (bicyclic) bond motifs is 1.